The Morgan fingerprint density at radius 3 is 2.42 bits per heavy atom. The Balaban J connectivity index is 2.08. The lowest BCUT2D eigenvalue weighted by Crippen LogP contribution is -2.41. The number of hydrogen-bond donors (Lipinski definition) is 3. The average Bonchev–Trinajstić information content (AvgIpc) is 2.43. The standard InChI is InChI=1S/C18H24N2O4/c1-11(2)19-16(22)14-9-13(6-5-12(14)3)20-15(21)10-18(17(23)24)7-4-8-18/h5-6,9,11H,4,7-8,10H2,1-3H3,(H,19,22)(H,20,21)(H,23,24). The van der Waals surface area contributed by atoms with Gasteiger partial charge in [-0.3, -0.25) is 14.4 Å². The van der Waals surface area contributed by atoms with Crippen molar-refractivity contribution in [1.82, 2.24) is 5.32 Å². The molecule has 3 N–H and O–H groups in total. The van der Waals surface area contributed by atoms with Gasteiger partial charge in [0.25, 0.3) is 5.91 Å². The second-order valence-electron chi connectivity index (χ2n) is 6.82. The molecule has 0 spiro atoms. The van der Waals surface area contributed by atoms with Crippen LogP contribution in [-0.4, -0.2) is 28.9 Å². The highest BCUT2D eigenvalue weighted by Crippen LogP contribution is 2.44. The zero-order valence-corrected chi connectivity index (χ0v) is 14.3. The fourth-order valence-corrected chi connectivity index (χ4v) is 2.87. The number of aliphatic carboxylic acids is 1. The predicted octanol–water partition coefficient (Wildman–Crippen LogP) is 2.72. The number of anilines is 1. The maximum Gasteiger partial charge on any atom is 0.310 e. The Morgan fingerprint density at radius 2 is 1.92 bits per heavy atom. The fourth-order valence-electron chi connectivity index (χ4n) is 2.87. The van der Waals surface area contributed by atoms with E-state index in [0.717, 1.165) is 12.0 Å². The van der Waals surface area contributed by atoms with Crippen molar-refractivity contribution in [3.63, 3.8) is 0 Å². The van der Waals surface area contributed by atoms with Gasteiger partial charge < -0.3 is 15.7 Å². The van der Waals surface area contributed by atoms with Crippen LogP contribution in [0.1, 0.15) is 55.5 Å². The van der Waals surface area contributed by atoms with Crippen LogP contribution in [0.2, 0.25) is 0 Å². The minimum Gasteiger partial charge on any atom is -0.481 e. The third-order valence-electron chi connectivity index (χ3n) is 4.45. The van der Waals surface area contributed by atoms with Gasteiger partial charge in [0.05, 0.1) is 5.41 Å². The second-order valence-corrected chi connectivity index (χ2v) is 6.82. The van der Waals surface area contributed by atoms with Crippen molar-refractivity contribution in [3.8, 4) is 0 Å². The molecule has 0 bridgehead atoms. The van der Waals surface area contributed by atoms with E-state index in [-0.39, 0.29) is 24.3 Å². The third-order valence-corrected chi connectivity index (χ3v) is 4.45. The van der Waals surface area contributed by atoms with Crippen molar-refractivity contribution in [2.24, 2.45) is 5.41 Å². The first kappa shape index (κ1) is 18.0. The lowest BCUT2D eigenvalue weighted by atomic mass is 9.66. The number of carbonyl (C=O) groups excluding carboxylic acids is 2. The van der Waals surface area contributed by atoms with Gasteiger partial charge in [-0.25, -0.2) is 0 Å². The number of hydrogen-bond acceptors (Lipinski definition) is 3. The van der Waals surface area contributed by atoms with Crippen LogP contribution in [0.15, 0.2) is 18.2 Å². The molecule has 6 nitrogen and oxygen atoms in total. The molecule has 1 aromatic rings. The fraction of sp³-hybridized carbons (Fsp3) is 0.500. The Kier molecular flexibility index (Phi) is 5.26. The molecule has 0 heterocycles. The first-order valence-corrected chi connectivity index (χ1v) is 8.18. The SMILES string of the molecule is Cc1ccc(NC(=O)CC2(C(=O)O)CCC2)cc1C(=O)NC(C)C. The lowest BCUT2D eigenvalue weighted by Gasteiger charge is -2.36. The normalized spacial score (nSPS) is 15.5. The Morgan fingerprint density at radius 1 is 1.25 bits per heavy atom. The zero-order valence-electron chi connectivity index (χ0n) is 14.3. The van der Waals surface area contributed by atoms with Gasteiger partial charge >= 0.3 is 5.97 Å². The van der Waals surface area contributed by atoms with Crippen molar-refractivity contribution in [2.75, 3.05) is 5.32 Å². The molecule has 0 atom stereocenters. The van der Waals surface area contributed by atoms with Crippen molar-refractivity contribution in [3.05, 3.63) is 29.3 Å². The smallest absolute Gasteiger partial charge is 0.310 e. The molecule has 0 unspecified atom stereocenters. The molecule has 0 radical (unpaired) electrons. The van der Waals surface area contributed by atoms with E-state index in [2.05, 4.69) is 10.6 Å². The van der Waals surface area contributed by atoms with E-state index in [0.29, 0.717) is 24.1 Å². The van der Waals surface area contributed by atoms with Gasteiger partial charge in [0, 0.05) is 23.7 Å². The maximum atomic E-state index is 12.2. The van der Waals surface area contributed by atoms with Crippen LogP contribution in [0.4, 0.5) is 5.69 Å². The van der Waals surface area contributed by atoms with Crippen LogP contribution in [0.3, 0.4) is 0 Å². The van der Waals surface area contributed by atoms with E-state index in [4.69, 9.17) is 0 Å². The molecule has 1 saturated carbocycles. The van der Waals surface area contributed by atoms with Gasteiger partial charge in [0.1, 0.15) is 0 Å². The van der Waals surface area contributed by atoms with E-state index < -0.39 is 11.4 Å². The summed E-state index contributed by atoms with van der Waals surface area (Å²) >= 11 is 0. The molecule has 1 fully saturated rings. The van der Waals surface area contributed by atoms with Crippen LogP contribution < -0.4 is 10.6 Å². The van der Waals surface area contributed by atoms with Gasteiger partial charge in [-0.2, -0.15) is 0 Å². The summed E-state index contributed by atoms with van der Waals surface area (Å²) in [5, 5.41) is 14.8. The zero-order chi connectivity index (χ0) is 17.9. The minimum absolute atomic E-state index is 0.0178. The second kappa shape index (κ2) is 7.03. The molecule has 0 aromatic heterocycles. The average molecular weight is 332 g/mol. The van der Waals surface area contributed by atoms with Crippen LogP contribution in [0, 0.1) is 12.3 Å². The van der Waals surface area contributed by atoms with Crippen LogP contribution in [0.25, 0.3) is 0 Å². The summed E-state index contributed by atoms with van der Waals surface area (Å²) in [6.07, 6.45) is 1.87. The van der Waals surface area contributed by atoms with Gasteiger partial charge in [-0.15, -0.1) is 0 Å². The number of carboxylic acid groups (broad SMARTS) is 1. The van der Waals surface area contributed by atoms with Crippen LogP contribution in [-0.2, 0) is 9.59 Å². The Labute approximate surface area is 141 Å². The highest BCUT2D eigenvalue weighted by Gasteiger charge is 2.45. The van der Waals surface area contributed by atoms with Gasteiger partial charge in [0.15, 0.2) is 0 Å². The van der Waals surface area contributed by atoms with Crippen LogP contribution >= 0.6 is 0 Å². The molecule has 1 aromatic carbocycles. The van der Waals surface area contributed by atoms with Crippen LogP contribution in [0.5, 0.6) is 0 Å². The summed E-state index contributed by atoms with van der Waals surface area (Å²) in [5.74, 6) is -1.44. The highest BCUT2D eigenvalue weighted by atomic mass is 16.4. The van der Waals surface area contributed by atoms with Gasteiger partial charge in [0.2, 0.25) is 5.91 Å². The van der Waals surface area contributed by atoms with E-state index in [1.54, 1.807) is 18.2 Å². The molecule has 6 heteroatoms. The van der Waals surface area contributed by atoms with Gasteiger partial charge in [-0.05, 0) is 51.3 Å². The number of amides is 2. The topological polar surface area (TPSA) is 95.5 Å². The van der Waals surface area contributed by atoms with E-state index in [9.17, 15) is 19.5 Å². The molecule has 130 valence electrons. The number of nitrogens with one attached hydrogen (secondary N) is 2. The number of rotatable bonds is 6. The quantitative estimate of drug-likeness (QED) is 0.746. The molecule has 2 rings (SSSR count). The molecule has 1 aliphatic rings. The summed E-state index contributed by atoms with van der Waals surface area (Å²) in [4.78, 5) is 35.7. The minimum atomic E-state index is -0.924. The van der Waals surface area contributed by atoms with E-state index in [1.807, 2.05) is 20.8 Å². The van der Waals surface area contributed by atoms with Crippen molar-refractivity contribution in [1.29, 1.82) is 0 Å². The summed E-state index contributed by atoms with van der Waals surface area (Å²) in [7, 11) is 0. The monoisotopic (exact) mass is 332 g/mol. The molecular weight excluding hydrogens is 308 g/mol. The van der Waals surface area contributed by atoms with Gasteiger partial charge in [-0.1, -0.05) is 12.5 Å². The summed E-state index contributed by atoms with van der Waals surface area (Å²) in [6.45, 7) is 5.58. The Hall–Kier alpha value is -2.37. The molecule has 2 amide bonds. The first-order chi connectivity index (χ1) is 11.2. The Bertz CT molecular complexity index is 663. The molecule has 24 heavy (non-hydrogen) atoms. The van der Waals surface area contributed by atoms with Crippen molar-refractivity contribution >= 4 is 23.5 Å². The first-order valence-electron chi connectivity index (χ1n) is 8.18. The largest absolute Gasteiger partial charge is 0.481 e. The molecule has 1 aliphatic carbocycles. The highest BCUT2D eigenvalue weighted by molar-refractivity contribution is 5.99. The van der Waals surface area contributed by atoms with Crippen molar-refractivity contribution < 1.29 is 19.5 Å². The molecular formula is C18H24N2O4. The predicted molar refractivity (Wildman–Crippen MR) is 90.9 cm³/mol. The number of aryl methyl sites for hydroxylation is 1. The number of carbonyl (C=O) groups is 3. The molecule has 0 saturated heterocycles. The molecule has 0 aliphatic heterocycles. The number of benzene rings is 1. The third kappa shape index (κ3) is 3.93. The lowest BCUT2D eigenvalue weighted by molar-refractivity contribution is -0.157. The van der Waals surface area contributed by atoms with E-state index >= 15 is 0 Å². The summed E-state index contributed by atoms with van der Waals surface area (Å²) < 4.78 is 0. The summed E-state index contributed by atoms with van der Waals surface area (Å²) in [6, 6.07) is 5.12. The number of carboxylic acids is 1. The maximum absolute atomic E-state index is 12.2. The van der Waals surface area contributed by atoms with E-state index in [1.165, 1.54) is 0 Å². The van der Waals surface area contributed by atoms with Crippen molar-refractivity contribution in [2.45, 2.75) is 52.5 Å². The summed E-state index contributed by atoms with van der Waals surface area (Å²) in [5.41, 5.74) is 0.886.